The maximum absolute atomic E-state index is 12.6. The molecule has 4 nitrogen and oxygen atoms in total. The van der Waals surface area contributed by atoms with Gasteiger partial charge in [-0.1, -0.05) is 27.7 Å². The van der Waals surface area contributed by atoms with Gasteiger partial charge in [-0.05, 0) is 30.7 Å². The lowest BCUT2D eigenvalue weighted by Gasteiger charge is -2.16. The van der Waals surface area contributed by atoms with E-state index in [1.807, 2.05) is 26.2 Å². The largest absolute Gasteiger partial charge is 0.310 e. The SMILES string of the molecule is CCC(CC)NS(=O)(=O)c1c(C)csc1CNC(C)C. The first-order chi connectivity index (χ1) is 9.31. The molecule has 1 heterocycles. The molecule has 0 saturated heterocycles. The van der Waals surface area contributed by atoms with Crippen LogP contribution in [0.5, 0.6) is 0 Å². The lowest BCUT2D eigenvalue weighted by molar-refractivity contribution is 0.527. The number of sulfonamides is 1. The molecule has 0 radical (unpaired) electrons. The van der Waals surface area contributed by atoms with Crippen molar-refractivity contribution in [3.8, 4) is 0 Å². The van der Waals surface area contributed by atoms with E-state index in [0.717, 1.165) is 23.3 Å². The highest BCUT2D eigenvalue weighted by atomic mass is 32.2. The van der Waals surface area contributed by atoms with Gasteiger partial charge in [0.1, 0.15) is 4.90 Å². The monoisotopic (exact) mass is 318 g/mol. The van der Waals surface area contributed by atoms with Crippen molar-refractivity contribution < 1.29 is 8.42 Å². The molecule has 6 heteroatoms. The van der Waals surface area contributed by atoms with E-state index in [0.29, 0.717) is 17.5 Å². The first-order valence-electron chi connectivity index (χ1n) is 7.14. The molecule has 0 fully saturated rings. The highest BCUT2D eigenvalue weighted by Gasteiger charge is 2.24. The predicted molar refractivity (Wildman–Crippen MR) is 85.7 cm³/mol. The first-order valence-corrected chi connectivity index (χ1v) is 9.50. The van der Waals surface area contributed by atoms with Crippen LogP contribution in [0, 0.1) is 6.92 Å². The lowest BCUT2D eigenvalue weighted by atomic mass is 10.2. The Bertz CT molecular complexity index is 517. The van der Waals surface area contributed by atoms with Crippen molar-refractivity contribution in [3.63, 3.8) is 0 Å². The topological polar surface area (TPSA) is 58.2 Å². The third-order valence-electron chi connectivity index (χ3n) is 3.24. The van der Waals surface area contributed by atoms with Gasteiger partial charge < -0.3 is 5.32 Å². The highest BCUT2D eigenvalue weighted by Crippen LogP contribution is 2.27. The van der Waals surface area contributed by atoms with Crippen LogP contribution in [0.4, 0.5) is 0 Å². The Morgan fingerprint density at radius 1 is 1.25 bits per heavy atom. The van der Waals surface area contributed by atoms with Gasteiger partial charge in [0.2, 0.25) is 10.0 Å². The van der Waals surface area contributed by atoms with Crippen molar-refractivity contribution in [2.24, 2.45) is 0 Å². The molecule has 0 saturated carbocycles. The fraction of sp³-hybridized carbons (Fsp3) is 0.714. The molecule has 0 aliphatic heterocycles. The van der Waals surface area contributed by atoms with Crippen molar-refractivity contribution in [1.29, 1.82) is 0 Å². The molecule has 0 aliphatic carbocycles. The summed E-state index contributed by atoms with van der Waals surface area (Å²) in [5.41, 5.74) is 0.828. The Balaban J connectivity index is 3.01. The summed E-state index contributed by atoms with van der Waals surface area (Å²) >= 11 is 1.51. The normalized spacial score (nSPS) is 12.6. The van der Waals surface area contributed by atoms with Gasteiger partial charge in [-0.25, -0.2) is 13.1 Å². The molecule has 0 amide bonds. The molecule has 0 atom stereocenters. The molecule has 0 unspecified atom stereocenters. The fourth-order valence-electron chi connectivity index (χ4n) is 2.00. The summed E-state index contributed by atoms with van der Waals surface area (Å²) < 4.78 is 28.0. The minimum Gasteiger partial charge on any atom is -0.310 e. The van der Waals surface area contributed by atoms with Gasteiger partial charge in [-0.2, -0.15) is 0 Å². The zero-order valence-corrected chi connectivity index (χ0v) is 14.6. The second-order valence-corrected chi connectivity index (χ2v) is 7.96. The highest BCUT2D eigenvalue weighted by molar-refractivity contribution is 7.89. The molecule has 1 aromatic rings. The first kappa shape index (κ1) is 17.6. The van der Waals surface area contributed by atoms with E-state index in [9.17, 15) is 8.42 Å². The molecule has 116 valence electrons. The van der Waals surface area contributed by atoms with Crippen molar-refractivity contribution in [1.82, 2.24) is 10.0 Å². The summed E-state index contributed by atoms with van der Waals surface area (Å²) in [4.78, 5) is 1.34. The second-order valence-electron chi connectivity index (χ2n) is 5.34. The van der Waals surface area contributed by atoms with Gasteiger partial charge in [-0.15, -0.1) is 11.3 Å². The summed E-state index contributed by atoms with van der Waals surface area (Å²) in [6.45, 7) is 10.6. The third kappa shape index (κ3) is 4.55. The van der Waals surface area contributed by atoms with Crippen LogP contribution in [0.25, 0.3) is 0 Å². The average molecular weight is 319 g/mol. The molecule has 0 spiro atoms. The molecule has 20 heavy (non-hydrogen) atoms. The molecular formula is C14H26N2O2S2. The number of nitrogens with one attached hydrogen (secondary N) is 2. The molecule has 1 rings (SSSR count). The minimum atomic E-state index is -3.43. The van der Waals surface area contributed by atoms with Crippen LogP contribution in [-0.4, -0.2) is 20.5 Å². The number of rotatable bonds is 8. The van der Waals surface area contributed by atoms with E-state index in [1.165, 1.54) is 11.3 Å². The van der Waals surface area contributed by atoms with E-state index in [2.05, 4.69) is 23.9 Å². The second kappa shape index (κ2) is 7.54. The van der Waals surface area contributed by atoms with Crippen molar-refractivity contribution in [2.45, 2.75) is 71.0 Å². The molecular weight excluding hydrogens is 292 g/mol. The maximum atomic E-state index is 12.6. The lowest BCUT2D eigenvalue weighted by Crippen LogP contribution is -2.34. The maximum Gasteiger partial charge on any atom is 0.242 e. The summed E-state index contributed by atoms with van der Waals surface area (Å²) in [5, 5.41) is 5.20. The van der Waals surface area contributed by atoms with Gasteiger partial charge in [-0.3, -0.25) is 0 Å². The van der Waals surface area contributed by atoms with Crippen molar-refractivity contribution >= 4 is 21.4 Å². The van der Waals surface area contributed by atoms with E-state index in [4.69, 9.17) is 0 Å². The Kier molecular flexibility index (Phi) is 6.64. The Labute approximate surface area is 127 Å². The van der Waals surface area contributed by atoms with E-state index in [-0.39, 0.29) is 6.04 Å². The van der Waals surface area contributed by atoms with Gasteiger partial charge in [0.25, 0.3) is 0 Å². The summed E-state index contributed by atoms with van der Waals surface area (Å²) in [7, 11) is -3.43. The van der Waals surface area contributed by atoms with Gasteiger partial charge >= 0.3 is 0 Å². The Hall–Kier alpha value is -0.430. The van der Waals surface area contributed by atoms with Crippen LogP contribution in [0.2, 0.25) is 0 Å². The zero-order valence-electron chi connectivity index (χ0n) is 13.0. The van der Waals surface area contributed by atoms with Crippen LogP contribution in [0.3, 0.4) is 0 Å². The van der Waals surface area contributed by atoms with Crippen molar-refractivity contribution in [3.05, 3.63) is 15.8 Å². The quantitative estimate of drug-likeness (QED) is 0.774. The van der Waals surface area contributed by atoms with Gasteiger partial charge in [0.15, 0.2) is 0 Å². The van der Waals surface area contributed by atoms with Crippen LogP contribution in [0.1, 0.15) is 51.0 Å². The van der Waals surface area contributed by atoms with Gasteiger partial charge in [0.05, 0.1) is 0 Å². The molecule has 0 bridgehead atoms. The predicted octanol–water partition coefficient (Wildman–Crippen LogP) is 3.02. The van der Waals surface area contributed by atoms with Crippen LogP contribution >= 0.6 is 11.3 Å². The number of hydrogen-bond donors (Lipinski definition) is 2. The Morgan fingerprint density at radius 2 is 1.85 bits per heavy atom. The number of hydrogen-bond acceptors (Lipinski definition) is 4. The van der Waals surface area contributed by atoms with Crippen LogP contribution < -0.4 is 10.0 Å². The number of aryl methyl sites for hydroxylation is 1. The molecule has 0 aliphatic rings. The van der Waals surface area contributed by atoms with Crippen molar-refractivity contribution in [2.75, 3.05) is 0 Å². The Morgan fingerprint density at radius 3 is 2.35 bits per heavy atom. The molecule has 0 aromatic carbocycles. The number of thiophene rings is 1. The minimum absolute atomic E-state index is 0.00482. The molecule has 1 aromatic heterocycles. The van der Waals surface area contributed by atoms with Crippen LogP contribution in [0.15, 0.2) is 10.3 Å². The standard InChI is InChI=1S/C14H26N2O2S2/c1-6-12(7-2)16-20(17,18)14-11(5)9-19-13(14)8-15-10(3)4/h9-10,12,15-16H,6-8H2,1-5H3. The average Bonchev–Trinajstić information content (AvgIpc) is 2.75. The summed E-state index contributed by atoms with van der Waals surface area (Å²) in [6.07, 6.45) is 1.61. The zero-order chi connectivity index (χ0) is 15.3. The summed E-state index contributed by atoms with van der Waals surface area (Å²) in [6, 6.07) is 0.338. The van der Waals surface area contributed by atoms with E-state index >= 15 is 0 Å². The van der Waals surface area contributed by atoms with Gasteiger partial charge in [0, 0.05) is 23.5 Å². The summed E-state index contributed by atoms with van der Waals surface area (Å²) in [5.74, 6) is 0. The van der Waals surface area contributed by atoms with Crippen LogP contribution in [-0.2, 0) is 16.6 Å². The van der Waals surface area contributed by atoms with E-state index in [1.54, 1.807) is 0 Å². The van der Waals surface area contributed by atoms with E-state index < -0.39 is 10.0 Å². The smallest absolute Gasteiger partial charge is 0.242 e. The molecule has 2 N–H and O–H groups in total. The fourth-order valence-corrected chi connectivity index (χ4v) is 5.17. The third-order valence-corrected chi connectivity index (χ3v) is 6.22.